The van der Waals surface area contributed by atoms with E-state index in [1.165, 1.54) is 0 Å². The Balaban J connectivity index is 1.84. The molecule has 3 aliphatic rings. The largest absolute Gasteiger partial charge is 0.394 e. The predicted molar refractivity (Wildman–Crippen MR) is 101 cm³/mol. The Labute approximate surface area is 192 Å². The molecule has 11 N–H and O–H groups in total. The van der Waals surface area contributed by atoms with Crippen molar-refractivity contribution in [3.63, 3.8) is 0 Å². The zero-order valence-corrected chi connectivity index (χ0v) is 17.7. The van der Waals surface area contributed by atoms with Crippen LogP contribution in [0.3, 0.4) is 0 Å². The van der Waals surface area contributed by atoms with Crippen LogP contribution in [0.4, 0.5) is 0 Å². The first-order valence-corrected chi connectivity index (χ1v) is 10.6. The number of aliphatic hydroxyl groups is 11. The van der Waals surface area contributed by atoms with Gasteiger partial charge in [0.15, 0.2) is 18.9 Å². The minimum atomic E-state index is -1.89. The van der Waals surface area contributed by atoms with Gasteiger partial charge in [-0.3, -0.25) is 0 Å². The zero-order valence-electron chi connectivity index (χ0n) is 17.7. The Bertz CT molecular complexity index is 639. The lowest BCUT2D eigenvalue weighted by Crippen LogP contribution is -2.67. The monoisotopic (exact) mass is 504 g/mol. The second kappa shape index (κ2) is 11.6. The summed E-state index contributed by atoms with van der Waals surface area (Å²) < 4.78 is 26.5. The molecule has 0 spiro atoms. The van der Waals surface area contributed by atoms with Crippen LogP contribution in [-0.2, 0) is 23.7 Å². The number of hydrogen-bond acceptors (Lipinski definition) is 16. The first-order chi connectivity index (χ1) is 16.0. The van der Waals surface area contributed by atoms with Crippen molar-refractivity contribution in [1.82, 2.24) is 0 Å². The number of rotatable bonds is 7. The summed E-state index contributed by atoms with van der Waals surface area (Å²) in [4.78, 5) is 0. The van der Waals surface area contributed by atoms with Gasteiger partial charge in [-0.15, -0.1) is 0 Å². The first-order valence-electron chi connectivity index (χ1n) is 10.6. The van der Waals surface area contributed by atoms with Gasteiger partial charge in [-0.2, -0.15) is 0 Å². The van der Waals surface area contributed by atoms with Crippen molar-refractivity contribution in [2.75, 3.05) is 19.8 Å². The van der Waals surface area contributed by atoms with Crippen LogP contribution in [-0.4, -0.2) is 168 Å². The highest BCUT2D eigenvalue weighted by molar-refractivity contribution is 4.96. The molecule has 0 bridgehead atoms. The van der Waals surface area contributed by atoms with Crippen LogP contribution >= 0.6 is 0 Å². The summed E-state index contributed by atoms with van der Waals surface area (Å²) in [5.74, 6) is 0. The molecular weight excluding hydrogens is 472 g/mol. The highest BCUT2D eigenvalue weighted by Crippen LogP contribution is 2.32. The topological polar surface area (TPSA) is 269 Å². The van der Waals surface area contributed by atoms with E-state index in [0.29, 0.717) is 0 Å². The van der Waals surface area contributed by atoms with Gasteiger partial charge in [0.25, 0.3) is 0 Å². The molecule has 0 saturated carbocycles. The Morgan fingerprint density at radius 1 is 0.441 bits per heavy atom. The molecule has 0 aliphatic carbocycles. The summed E-state index contributed by atoms with van der Waals surface area (Å²) in [5, 5.41) is 110. The van der Waals surface area contributed by atoms with E-state index in [1.807, 2.05) is 0 Å². The summed E-state index contributed by atoms with van der Waals surface area (Å²) in [6, 6.07) is 0. The molecule has 0 aromatic rings. The molecule has 3 aliphatic heterocycles. The molecule has 34 heavy (non-hydrogen) atoms. The van der Waals surface area contributed by atoms with Crippen LogP contribution in [0, 0.1) is 0 Å². The highest BCUT2D eigenvalue weighted by Gasteiger charge is 2.53. The van der Waals surface area contributed by atoms with E-state index >= 15 is 0 Å². The van der Waals surface area contributed by atoms with E-state index in [4.69, 9.17) is 23.7 Å². The molecule has 0 aromatic carbocycles. The van der Waals surface area contributed by atoms with Crippen LogP contribution in [0.1, 0.15) is 0 Å². The molecule has 3 heterocycles. The normalized spacial score (nSPS) is 52.5. The third kappa shape index (κ3) is 5.37. The van der Waals surface area contributed by atoms with E-state index in [9.17, 15) is 56.2 Å². The van der Waals surface area contributed by atoms with Gasteiger partial charge in [0, 0.05) is 0 Å². The van der Waals surface area contributed by atoms with Crippen molar-refractivity contribution in [3.8, 4) is 0 Å². The summed E-state index contributed by atoms with van der Waals surface area (Å²) in [7, 11) is 0. The van der Waals surface area contributed by atoms with E-state index in [2.05, 4.69) is 0 Å². The van der Waals surface area contributed by atoms with E-state index in [-0.39, 0.29) is 0 Å². The quantitative estimate of drug-likeness (QED) is 0.154. The predicted octanol–water partition coefficient (Wildman–Crippen LogP) is -7.57. The van der Waals surface area contributed by atoms with Crippen molar-refractivity contribution >= 4 is 0 Å². The maximum atomic E-state index is 10.6. The summed E-state index contributed by atoms with van der Waals surface area (Å²) in [6.07, 6.45) is -25.7. The third-order valence-electron chi connectivity index (χ3n) is 6.10. The van der Waals surface area contributed by atoms with Crippen molar-refractivity contribution < 1.29 is 79.9 Å². The molecule has 0 aromatic heterocycles. The average Bonchev–Trinajstić information content (AvgIpc) is 2.83. The van der Waals surface area contributed by atoms with Gasteiger partial charge in [0.2, 0.25) is 0 Å². The SMILES string of the molecule is OC[C@H]1O[C@H](O[C@@H]2[C@@H](O[C@@H]3[C@H](O)[C@H](O)O[C@H](CO)[C@H]3O)O[C@H](CO)[C@@H](O)[C@@H]2O)[C@@H](O)[C@@H](O)[C@@H]1O. The van der Waals surface area contributed by atoms with Crippen molar-refractivity contribution in [2.24, 2.45) is 0 Å². The summed E-state index contributed by atoms with van der Waals surface area (Å²) >= 11 is 0. The summed E-state index contributed by atoms with van der Waals surface area (Å²) in [5.41, 5.74) is 0. The van der Waals surface area contributed by atoms with Gasteiger partial charge >= 0.3 is 0 Å². The fraction of sp³-hybridized carbons (Fsp3) is 1.00. The van der Waals surface area contributed by atoms with Crippen LogP contribution in [0.15, 0.2) is 0 Å². The molecular formula is C18H32O16. The molecule has 15 atom stereocenters. The third-order valence-corrected chi connectivity index (χ3v) is 6.10. The molecule has 16 nitrogen and oxygen atoms in total. The molecule has 0 amide bonds. The zero-order chi connectivity index (χ0) is 25.3. The summed E-state index contributed by atoms with van der Waals surface area (Å²) in [6.45, 7) is -2.34. The van der Waals surface area contributed by atoms with E-state index in [0.717, 1.165) is 0 Å². The van der Waals surface area contributed by atoms with Crippen LogP contribution < -0.4 is 0 Å². The second-order valence-electron chi connectivity index (χ2n) is 8.33. The fourth-order valence-electron chi connectivity index (χ4n) is 4.03. The Kier molecular flexibility index (Phi) is 9.54. The van der Waals surface area contributed by atoms with Crippen molar-refractivity contribution in [3.05, 3.63) is 0 Å². The number of aliphatic hydroxyl groups excluding tert-OH is 11. The minimum Gasteiger partial charge on any atom is -0.394 e. The molecule has 0 unspecified atom stereocenters. The van der Waals surface area contributed by atoms with Gasteiger partial charge in [0.1, 0.15) is 73.2 Å². The lowest BCUT2D eigenvalue weighted by Gasteiger charge is -2.48. The number of ether oxygens (including phenoxy) is 5. The van der Waals surface area contributed by atoms with Crippen molar-refractivity contribution in [1.29, 1.82) is 0 Å². The smallest absolute Gasteiger partial charge is 0.187 e. The Morgan fingerprint density at radius 2 is 0.912 bits per heavy atom. The second-order valence-corrected chi connectivity index (χ2v) is 8.33. The first kappa shape index (κ1) is 27.9. The van der Waals surface area contributed by atoms with E-state index < -0.39 is 112 Å². The van der Waals surface area contributed by atoms with Gasteiger partial charge < -0.3 is 79.9 Å². The molecule has 0 radical (unpaired) electrons. The number of hydrogen-bond donors (Lipinski definition) is 11. The van der Waals surface area contributed by atoms with Crippen LogP contribution in [0.25, 0.3) is 0 Å². The van der Waals surface area contributed by atoms with Gasteiger partial charge in [0.05, 0.1) is 19.8 Å². The molecule has 16 heteroatoms. The maximum Gasteiger partial charge on any atom is 0.187 e. The van der Waals surface area contributed by atoms with E-state index in [1.54, 1.807) is 0 Å². The molecule has 3 fully saturated rings. The van der Waals surface area contributed by atoms with Gasteiger partial charge in [-0.25, -0.2) is 0 Å². The van der Waals surface area contributed by atoms with Gasteiger partial charge in [-0.05, 0) is 0 Å². The Morgan fingerprint density at radius 3 is 1.47 bits per heavy atom. The fourth-order valence-corrected chi connectivity index (χ4v) is 4.03. The standard InChI is InChI=1S/C18H32O16/c19-1-4-7(22)10(25)12(27)17(31-4)34-15-11(26)8(23)5(2-20)32-18(15)33-14-9(24)6(3-21)30-16(29)13(14)28/h4-29H,1-3H2/t4-,5-,6-,7-,8-,9-,10+,11+,12+,13+,14+,15+,16-,17-,18-/m1/s1. The maximum absolute atomic E-state index is 10.6. The highest BCUT2D eigenvalue weighted by atomic mass is 16.8. The molecule has 200 valence electrons. The molecule has 3 saturated heterocycles. The van der Waals surface area contributed by atoms with Gasteiger partial charge in [-0.1, -0.05) is 0 Å². The lowest BCUT2D eigenvalue weighted by atomic mass is 9.96. The van der Waals surface area contributed by atoms with Crippen molar-refractivity contribution in [2.45, 2.75) is 92.1 Å². The molecule has 3 rings (SSSR count). The average molecular weight is 504 g/mol. The minimum absolute atomic E-state index is 0.762. The lowest BCUT2D eigenvalue weighted by molar-refractivity contribution is -0.387. The van der Waals surface area contributed by atoms with Crippen LogP contribution in [0.2, 0.25) is 0 Å². The van der Waals surface area contributed by atoms with Crippen LogP contribution in [0.5, 0.6) is 0 Å². The Hall–Kier alpha value is -0.640.